The largest absolute Gasteiger partial charge is 0.486 e. The highest BCUT2D eigenvalue weighted by Crippen LogP contribution is 2.33. The summed E-state index contributed by atoms with van der Waals surface area (Å²) in [6.45, 7) is 0.909. The molecule has 1 aliphatic rings. The van der Waals surface area contributed by atoms with Gasteiger partial charge in [0.1, 0.15) is 25.1 Å². The van der Waals surface area contributed by atoms with Crippen LogP contribution in [0.3, 0.4) is 0 Å². The van der Waals surface area contributed by atoms with Gasteiger partial charge in [-0.3, -0.25) is 9.59 Å². The number of hydrogen-bond acceptors (Lipinski definition) is 5. The third kappa shape index (κ3) is 1.47. The Hall–Kier alpha value is -2.30. The highest BCUT2D eigenvalue weighted by atomic mass is 16.6. The predicted octanol–water partition coefficient (Wildman–Crippen LogP) is 1.38. The van der Waals surface area contributed by atoms with Crippen molar-refractivity contribution in [2.24, 2.45) is 0 Å². The Morgan fingerprint density at radius 1 is 1.12 bits per heavy atom. The Labute approximate surface area is 95.6 Å². The second-order valence-electron chi connectivity index (χ2n) is 3.63. The molecule has 0 radical (unpaired) electrons. The summed E-state index contributed by atoms with van der Waals surface area (Å²) in [6, 6.07) is 3.14. The van der Waals surface area contributed by atoms with Crippen LogP contribution in [0.2, 0.25) is 0 Å². The fourth-order valence-electron chi connectivity index (χ4n) is 1.76. The van der Waals surface area contributed by atoms with E-state index < -0.39 is 0 Å². The molecule has 0 fully saturated rings. The second-order valence-corrected chi connectivity index (χ2v) is 3.63. The maximum Gasteiger partial charge on any atom is 0.203 e. The third-order valence-corrected chi connectivity index (χ3v) is 2.59. The minimum atomic E-state index is -0.363. The van der Waals surface area contributed by atoms with Crippen molar-refractivity contribution in [1.29, 1.82) is 0 Å². The molecule has 2 heterocycles. The average Bonchev–Trinajstić information content (AvgIpc) is 2.37. The van der Waals surface area contributed by atoms with Crippen LogP contribution in [0.25, 0.3) is 11.0 Å². The van der Waals surface area contributed by atoms with Gasteiger partial charge in [-0.1, -0.05) is 0 Å². The van der Waals surface area contributed by atoms with Crippen molar-refractivity contribution in [3.05, 3.63) is 34.2 Å². The van der Waals surface area contributed by atoms with Crippen LogP contribution in [0.5, 0.6) is 11.5 Å². The molecule has 5 nitrogen and oxygen atoms in total. The van der Waals surface area contributed by atoms with Crippen molar-refractivity contribution in [2.45, 2.75) is 0 Å². The zero-order valence-corrected chi connectivity index (χ0v) is 8.76. The average molecular weight is 232 g/mol. The maximum absolute atomic E-state index is 11.9. The first-order valence-corrected chi connectivity index (χ1v) is 5.10. The molecule has 0 saturated heterocycles. The van der Waals surface area contributed by atoms with Crippen LogP contribution in [0.1, 0.15) is 10.4 Å². The second kappa shape index (κ2) is 3.62. The molecular weight excluding hydrogens is 224 g/mol. The highest BCUT2D eigenvalue weighted by molar-refractivity contribution is 5.86. The molecule has 0 atom stereocenters. The van der Waals surface area contributed by atoms with Gasteiger partial charge < -0.3 is 13.9 Å². The Kier molecular flexibility index (Phi) is 2.11. The van der Waals surface area contributed by atoms with Crippen LogP contribution in [-0.2, 0) is 0 Å². The van der Waals surface area contributed by atoms with Gasteiger partial charge in [-0.2, -0.15) is 0 Å². The molecule has 1 aromatic heterocycles. The van der Waals surface area contributed by atoms with E-state index in [1.165, 1.54) is 0 Å². The first kappa shape index (κ1) is 9.89. The van der Waals surface area contributed by atoms with Crippen molar-refractivity contribution >= 4 is 17.3 Å². The summed E-state index contributed by atoms with van der Waals surface area (Å²) in [5.74, 6) is 1.05. The van der Waals surface area contributed by atoms with Gasteiger partial charge in [0.2, 0.25) is 5.43 Å². The Morgan fingerprint density at radius 2 is 1.82 bits per heavy atom. The van der Waals surface area contributed by atoms with Crippen LogP contribution < -0.4 is 14.9 Å². The predicted molar refractivity (Wildman–Crippen MR) is 58.9 cm³/mol. The Morgan fingerprint density at radius 3 is 2.53 bits per heavy atom. The van der Waals surface area contributed by atoms with E-state index in [1.54, 1.807) is 12.1 Å². The van der Waals surface area contributed by atoms with Crippen molar-refractivity contribution in [3.8, 4) is 11.5 Å². The lowest BCUT2D eigenvalue weighted by Crippen LogP contribution is -2.16. The van der Waals surface area contributed by atoms with Crippen LogP contribution in [0, 0.1) is 0 Å². The molecule has 1 aromatic carbocycles. The first-order valence-electron chi connectivity index (χ1n) is 5.10. The SMILES string of the molecule is O=Cc1coc2cc3c(cc2c1=O)OCCO3. The summed E-state index contributed by atoms with van der Waals surface area (Å²) < 4.78 is 16.0. The van der Waals surface area contributed by atoms with Crippen LogP contribution >= 0.6 is 0 Å². The maximum atomic E-state index is 11.9. The fourth-order valence-corrected chi connectivity index (χ4v) is 1.76. The minimum absolute atomic E-state index is 0.00539. The number of fused-ring (bicyclic) bond motifs is 2. The number of carbonyl (C=O) groups is 1. The number of rotatable bonds is 1. The zero-order chi connectivity index (χ0) is 11.8. The molecule has 0 aliphatic carbocycles. The van der Waals surface area contributed by atoms with Gasteiger partial charge in [-0.25, -0.2) is 0 Å². The minimum Gasteiger partial charge on any atom is -0.486 e. The highest BCUT2D eigenvalue weighted by Gasteiger charge is 2.16. The van der Waals surface area contributed by atoms with E-state index in [4.69, 9.17) is 13.9 Å². The molecule has 86 valence electrons. The van der Waals surface area contributed by atoms with E-state index in [0.29, 0.717) is 42.0 Å². The summed E-state index contributed by atoms with van der Waals surface area (Å²) in [6.07, 6.45) is 1.62. The van der Waals surface area contributed by atoms with Gasteiger partial charge >= 0.3 is 0 Å². The molecule has 0 bridgehead atoms. The smallest absolute Gasteiger partial charge is 0.203 e. The standard InChI is InChI=1S/C12H8O5/c13-5-7-6-17-9-4-11-10(15-1-2-16-11)3-8(9)12(7)14/h3-6H,1-2H2. The topological polar surface area (TPSA) is 65.7 Å². The molecular formula is C12H8O5. The summed E-state index contributed by atoms with van der Waals surface area (Å²) in [5, 5.41) is 0.318. The van der Waals surface area contributed by atoms with Crippen molar-refractivity contribution < 1.29 is 18.7 Å². The van der Waals surface area contributed by atoms with E-state index in [1.807, 2.05) is 0 Å². The molecule has 0 spiro atoms. The number of ether oxygens (including phenoxy) is 2. The first-order chi connectivity index (χ1) is 8.29. The lowest BCUT2D eigenvalue weighted by atomic mass is 10.1. The molecule has 5 heteroatoms. The van der Waals surface area contributed by atoms with Crippen LogP contribution in [0.4, 0.5) is 0 Å². The van der Waals surface area contributed by atoms with E-state index >= 15 is 0 Å². The number of hydrogen-bond donors (Lipinski definition) is 0. The number of aldehydes is 1. The van der Waals surface area contributed by atoms with Gasteiger partial charge in [-0.05, 0) is 6.07 Å². The molecule has 0 unspecified atom stereocenters. The van der Waals surface area contributed by atoms with E-state index in [0.717, 1.165) is 6.26 Å². The van der Waals surface area contributed by atoms with Gasteiger partial charge in [0.25, 0.3) is 0 Å². The van der Waals surface area contributed by atoms with Gasteiger partial charge in [0.15, 0.2) is 17.8 Å². The molecule has 1 aliphatic heterocycles. The number of carbonyl (C=O) groups excluding carboxylic acids is 1. The Balaban J connectivity index is 2.34. The monoisotopic (exact) mass is 232 g/mol. The molecule has 0 N–H and O–H groups in total. The van der Waals surface area contributed by atoms with Gasteiger partial charge in [0, 0.05) is 6.07 Å². The fraction of sp³-hybridized carbons (Fsp3) is 0.167. The van der Waals surface area contributed by atoms with E-state index in [2.05, 4.69) is 0 Å². The van der Waals surface area contributed by atoms with E-state index in [-0.39, 0.29) is 11.0 Å². The van der Waals surface area contributed by atoms with Crippen molar-refractivity contribution in [1.82, 2.24) is 0 Å². The molecule has 2 aromatic rings. The molecule has 17 heavy (non-hydrogen) atoms. The Bertz CT molecular complexity index is 656. The quantitative estimate of drug-likeness (QED) is 0.695. The van der Waals surface area contributed by atoms with Crippen molar-refractivity contribution in [2.75, 3.05) is 13.2 Å². The lowest BCUT2D eigenvalue weighted by Gasteiger charge is -2.18. The van der Waals surface area contributed by atoms with E-state index in [9.17, 15) is 9.59 Å². The lowest BCUT2D eigenvalue weighted by molar-refractivity contribution is 0.112. The summed E-state index contributed by atoms with van der Waals surface area (Å²) in [7, 11) is 0. The molecule has 0 saturated carbocycles. The van der Waals surface area contributed by atoms with Gasteiger partial charge in [0.05, 0.1) is 10.9 Å². The zero-order valence-electron chi connectivity index (χ0n) is 8.76. The summed E-state index contributed by atoms with van der Waals surface area (Å²) in [5.41, 5.74) is 0.0113. The molecule has 0 amide bonds. The van der Waals surface area contributed by atoms with Crippen molar-refractivity contribution in [3.63, 3.8) is 0 Å². The molecule has 3 rings (SSSR count). The third-order valence-electron chi connectivity index (χ3n) is 2.59. The van der Waals surface area contributed by atoms with Gasteiger partial charge in [-0.15, -0.1) is 0 Å². The van der Waals surface area contributed by atoms with Crippen LogP contribution in [0.15, 0.2) is 27.6 Å². The van der Waals surface area contributed by atoms with Crippen LogP contribution in [-0.4, -0.2) is 19.5 Å². The summed E-state index contributed by atoms with van der Waals surface area (Å²) >= 11 is 0. The number of benzene rings is 1. The summed E-state index contributed by atoms with van der Waals surface area (Å²) in [4.78, 5) is 22.5. The normalized spacial score (nSPS) is 13.6.